The maximum Gasteiger partial charge on any atom is 0.253 e. The summed E-state index contributed by atoms with van der Waals surface area (Å²) < 4.78 is 33.9. The van der Waals surface area contributed by atoms with E-state index in [0.717, 1.165) is 55.4 Å². The molecule has 2 aromatic carbocycles. The molecule has 35 heavy (non-hydrogen) atoms. The number of para-hydroxylation sites is 2. The van der Waals surface area contributed by atoms with Crippen LogP contribution in [0, 0.1) is 0 Å². The molecule has 0 bridgehead atoms. The van der Waals surface area contributed by atoms with Crippen LogP contribution in [0.3, 0.4) is 0 Å². The number of methoxy groups -OCH3 is 1. The number of hydrogen-bond acceptors (Lipinski definition) is 5. The molecule has 0 unspecified atom stereocenters. The minimum Gasteiger partial charge on any atom is -0.495 e. The average molecular weight is 497 g/mol. The summed E-state index contributed by atoms with van der Waals surface area (Å²) in [4.78, 5) is 23.5. The summed E-state index contributed by atoms with van der Waals surface area (Å²) in [7, 11) is -2.30. The number of fused-ring (bicyclic) bond motifs is 1. The van der Waals surface area contributed by atoms with Gasteiger partial charge in [-0.1, -0.05) is 25.0 Å². The number of carbonyl (C=O) groups excluding carboxylic acids is 1. The van der Waals surface area contributed by atoms with Crippen LogP contribution in [-0.4, -0.2) is 66.8 Å². The number of aromatic amines is 1. The van der Waals surface area contributed by atoms with Crippen molar-refractivity contribution in [2.45, 2.75) is 49.3 Å². The highest BCUT2D eigenvalue weighted by Crippen LogP contribution is 2.32. The van der Waals surface area contributed by atoms with Gasteiger partial charge in [0.1, 0.15) is 16.5 Å². The highest BCUT2D eigenvalue weighted by atomic mass is 32.2. The standard InChI is InChI=1S/C26H32N4O4S/c1-34-23-13-12-19(17-24(23)35(32,33)30-15-6-2-3-7-16-30)26(31)29-14-8-9-20(18-29)25-27-21-10-4-5-11-22(21)28-25/h4-5,10-13,17,20H,2-3,6-9,14-16,18H2,1H3,(H,27,28)/t20-/m1/s1. The van der Waals surface area contributed by atoms with E-state index in [1.54, 1.807) is 12.1 Å². The van der Waals surface area contributed by atoms with E-state index in [-0.39, 0.29) is 22.5 Å². The van der Waals surface area contributed by atoms with Gasteiger partial charge in [-0.2, -0.15) is 4.31 Å². The minimum atomic E-state index is -3.76. The van der Waals surface area contributed by atoms with Gasteiger partial charge >= 0.3 is 0 Å². The number of imidazole rings is 1. The maximum atomic E-state index is 13.5. The molecular weight excluding hydrogens is 464 g/mol. The average Bonchev–Trinajstić information content (AvgIpc) is 3.13. The molecule has 2 saturated heterocycles. The monoisotopic (exact) mass is 496 g/mol. The molecule has 1 amide bonds. The van der Waals surface area contributed by atoms with Gasteiger partial charge in [0.2, 0.25) is 10.0 Å². The number of likely N-dealkylation sites (tertiary alicyclic amines) is 1. The zero-order valence-electron chi connectivity index (χ0n) is 20.1. The van der Waals surface area contributed by atoms with E-state index in [9.17, 15) is 13.2 Å². The van der Waals surface area contributed by atoms with Crippen molar-refractivity contribution in [2.24, 2.45) is 0 Å². The Morgan fingerprint density at radius 1 is 1.03 bits per heavy atom. The number of hydrogen-bond donors (Lipinski definition) is 1. The van der Waals surface area contributed by atoms with Crippen molar-refractivity contribution in [3.63, 3.8) is 0 Å². The van der Waals surface area contributed by atoms with Gasteiger partial charge in [0.05, 0.1) is 18.1 Å². The molecule has 3 heterocycles. The molecular formula is C26H32N4O4S. The van der Waals surface area contributed by atoms with Gasteiger partial charge in [-0.05, 0) is 56.0 Å². The summed E-state index contributed by atoms with van der Waals surface area (Å²) >= 11 is 0. The first kappa shape index (κ1) is 23.8. The number of nitrogens with zero attached hydrogens (tertiary/aromatic N) is 3. The van der Waals surface area contributed by atoms with Gasteiger partial charge in [0.15, 0.2) is 0 Å². The summed E-state index contributed by atoms with van der Waals surface area (Å²) in [5.41, 5.74) is 2.28. The van der Waals surface area contributed by atoms with Crippen molar-refractivity contribution < 1.29 is 17.9 Å². The van der Waals surface area contributed by atoms with Crippen LogP contribution in [0.4, 0.5) is 0 Å². The number of ether oxygens (including phenoxy) is 1. The molecule has 2 aliphatic rings. The van der Waals surface area contributed by atoms with Crippen molar-refractivity contribution in [3.05, 3.63) is 53.9 Å². The van der Waals surface area contributed by atoms with Gasteiger partial charge in [0.25, 0.3) is 5.91 Å². The Morgan fingerprint density at radius 3 is 2.54 bits per heavy atom. The number of amides is 1. The van der Waals surface area contributed by atoms with Gasteiger partial charge < -0.3 is 14.6 Å². The summed E-state index contributed by atoms with van der Waals surface area (Å²) in [5, 5.41) is 0. The predicted octanol–water partition coefficient (Wildman–Crippen LogP) is 4.16. The van der Waals surface area contributed by atoms with Gasteiger partial charge in [-0.3, -0.25) is 4.79 Å². The fraction of sp³-hybridized carbons (Fsp3) is 0.462. The second-order valence-corrected chi connectivity index (χ2v) is 11.3. The summed E-state index contributed by atoms with van der Waals surface area (Å²) in [6, 6.07) is 12.7. The number of rotatable bonds is 5. The fourth-order valence-electron chi connectivity index (χ4n) is 5.17. The van der Waals surface area contributed by atoms with Gasteiger partial charge in [0, 0.05) is 37.7 Å². The largest absolute Gasteiger partial charge is 0.495 e. The first-order valence-electron chi connectivity index (χ1n) is 12.4. The van der Waals surface area contributed by atoms with Crippen LogP contribution in [0.1, 0.15) is 60.6 Å². The van der Waals surface area contributed by atoms with Crippen molar-refractivity contribution in [2.75, 3.05) is 33.3 Å². The summed E-state index contributed by atoms with van der Waals surface area (Å²) in [5.74, 6) is 1.10. The van der Waals surface area contributed by atoms with Crippen LogP contribution >= 0.6 is 0 Å². The number of aromatic nitrogens is 2. The number of carbonyl (C=O) groups is 1. The van der Waals surface area contributed by atoms with E-state index in [4.69, 9.17) is 9.72 Å². The lowest BCUT2D eigenvalue weighted by molar-refractivity contribution is 0.0704. The lowest BCUT2D eigenvalue weighted by Crippen LogP contribution is -2.39. The lowest BCUT2D eigenvalue weighted by Gasteiger charge is -2.32. The third-order valence-electron chi connectivity index (χ3n) is 7.10. The summed E-state index contributed by atoms with van der Waals surface area (Å²) in [6.45, 7) is 2.17. The Labute approximate surface area is 206 Å². The van der Waals surface area contributed by atoms with E-state index in [0.29, 0.717) is 31.7 Å². The van der Waals surface area contributed by atoms with Gasteiger partial charge in [-0.25, -0.2) is 13.4 Å². The first-order valence-corrected chi connectivity index (χ1v) is 13.8. The molecule has 186 valence electrons. The Balaban J connectivity index is 1.39. The lowest BCUT2D eigenvalue weighted by atomic mass is 9.96. The smallest absolute Gasteiger partial charge is 0.253 e. The van der Waals surface area contributed by atoms with Gasteiger partial charge in [-0.15, -0.1) is 0 Å². The molecule has 0 saturated carbocycles. The molecule has 2 aliphatic heterocycles. The zero-order valence-corrected chi connectivity index (χ0v) is 20.9. The molecule has 0 radical (unpaired) electrons. The molecule has 9 heteroatoms. The molecule has 8 nitrogen and oxygen atoms in total. The SMILES string of the molecule is COc1ccc(C(=O)N2CCC[C@@H](c3nc4ccccc4[nH]3)C2)cc1S(=O)(=O)N1CCCCCC1. The second-order valence-electron chi connectivity index (χ2n) is 9.41. The van der Waals surface area contributed by atoms with Crippen molar-refractivity contribution in [1.82, 2.24) is 19.2 Å². The van der Waals surface area contributed by atoms with Crippen molar-refractivity contribution in [1.29, 1.82) is 0 Å². The molecule has 1 aromatic heterocycles. The van der Waals surface area contributed by atoms with E-state index < -0.39 is 10.0 Å². The third-order valence-corrected chi connectivity index (χ3v) is 9.02. The minimum absolute atomic E-state index is 0.0681. The Hall–Kier alpha value is -2.91. The fourth-order valence-corrected chi connectivity index (χ4v) is 6.86. The number of piperidine rings is 1. The van der Waals surface area contributed by atoms with Crippen molar-refractivity contribution in [3.8, 4) is 5.75 Å². The molecule has 2 fully saturated rings. The summed E-state index contributed by atoms with van der Waals surface area (Å²) in [6.07, 6.45) is 5.56. The number of benzene rings is 2. The quantitative estimate of drug-likeness (QED) is 0.572. The van der Waals surface area contributed by atoms with Crippen LogP contribution in [0.15, 0.2) is 47.4 Å². The van der Waals surface area contributed by atoms with E-state index in [1.165, 1.54) is 17.5 Å². The van der Waals surface area contributed by atoms with E-state index in [1.807, 2.05) is 29.2 Å². The molecule has 1 N–H and O–H groups in total. The Bertz CT molecular complexity index is 1280. The highest BCUT2D eigenvalue weighted by molar-refractivity contribution is 7.89. The third kappa shape index (κ3) is 4.79. The predicted molar refractivity (Wildman–Crippen MR) is 134 cm³/mol. The zero-order chi connectivity index (χ0) is 24.4. The molecule has 1 atom stereocenters. The van der Waals surface area contributed by atoms with Crippen LogP contribution < -0.4 is 4.74 Å². The van der Waals surface area contributed by atoms with Crippen LogP contribution in [0.2, 0.25) is 0 Å². The number of nitrogens with one attached hydrogen (secondary N) is 1. The number of sulfonamides is 1. The highest BCUT2D eigenvalue weighted by Gasteiger charge is 2.31. The number of H-pyrrole nitrogens is 1. The van der Waals surface area contributed by atoms with Crippen LogP contribution in [0.25, 0.3) is 11.0 Å². The van der Waals surface area contributed by atoms with Crippen molar-refractivity contribution >= 4 is 27.0 Å². The Kier molecular flexibility index (Phi) is 6.80. The molecule has 5 rings (SSSR count). The van der Waals surface area contributed by atoms with Crippen LogP contribution in [-0.2, 0) is 10.0 Å². The molecule has 0 aliphatic carbocycles. The van der Waals surface area contributed by atoms with E-state index >= 15 is 0 Å². The Morgan fingerprint density at radius 2 is 1.80 bits per heavy atom. The topological polar surface area (TPSA) is 95.6 Å². The second kappa shape index (κ2) is 9.99. The molecule has 3 aromatic rings. The normalized spacial score (nSPS) is 20.0. The van der Waals surface area contributed by atoms with E-state index in [2.05, 4.69) is 4.98 Å². The maximum absolute atomic E-state index is 13.5. The van der Waals surface area contributed by atoms with Crippen LogP contribution in [0.5, 0.6) is 5.75 Å². The molecule has 0 spiro atoms. The first-order chi connectivity index (χ1) is 17.0.